The van der Waals surface area contributed by atoms with Gasteiger partial charge in [-0.25, -0.2) is 0 Å². The first-order valence-electron chi connectivity index (χ1n) is 8.59. The van der Waals surface area contributed by atoms with Crippen LogP contribution in [0.25, 0.3) is 11.0 Å². The van der Waals surface area contributed by atoms with Gasteiger partial charge in [0.1, 0.15) is 23.2 Å². The molecule has 0 atom stereocenters. The molecule has 3 rings (SSSR count). The van der Waals surface area contributed by atoms with Crippen molar-refractivity contribution in [2.24, 2.45) is 0 Å². The summed E-state index contributed by atoms with van der Waals surface area (Å²) < 4.78 is 12.1. The van der Waals surface area contributed by atoms with E-state index >= 15 is 0 Å². The van der Waals surface area contributed by atoms with Gasteiger partial charge in [-0.15, -0.1) is 0 Å². The van der Waals surface area contributed by atoms with E-state index in [0.717, 1.165) is 35.3 Å². The second kappa shape index (κ2) is 5.55. The number of hydrogen-bond acceptors (Lipinski definition) is 3. The Morgan fingerprint density at radius 2 is 1.74 bits per heavy atom. The molecule has 1 fully saturated rings. The summed E-state index contributed by atoms with van der Waals surface area (Å²) in [7, 11) is 0. The van der Waals surface area contributed by atoms with Crippen LogP contribution in [0.2, 0.25) is 0 Å². The molecule has 2 aromatic rings. The molecule has 1 aromatic heterocycles. The summed E-state index contributed by atoms with van der Waals surface area (Å²) in [6, 6.07) is 8.86. The number of hydrogen-bond donors (Lipinski definition) is 1. The number of benzene rings is 1. The molecule has 0 unspecified atom stereocenters. The molecular weight excluding hydrogens is 286 g/mol. The molecule has 1 aliphatic rings. The highest BCUT2D eigenvalue weighted by Gasteiger charge is 2.33. The van der Waals surface area contributed by atoms with Gasteiger partial charge < -0.3 is 14.5 Å². The van der Waals surface area contributed by atoms with Crippen molar-refractivity contribution in [2.45, 2.75) is 77.5 Å². The van der Waals surface area contributed by atoms with Gasteiger partial charge in [-0.1, -0.05) is 20.8 Å². The normalized spacial score (nSPS) is 22.2. The van der Waals surface area contributed by atoms with Crippen molar-refractivity contribution in [2.75, 3.05) is 0 Å². The third kappa shape index (κ3) is 3.89. The topological polar surface area (TPSA) is 34.4 Å². The maximum Gasteiger partial charge on any atom is 0.137 e. The second-order valence-corrected chi connectivity index (χ2v) is 8.86. The Hall–Kier alpha value is -1.48. The molecule has 0 aliphatic heterocycles. The Balaban J connectivity index is 1.64. The van der Waals surface area contributed by atoms with Crippen LogP contribution in [-0.4, -0.2) is 17.7 Å². The van der Waals surface area contributed by atoms with Crippen LogP contribution in [0, 0.1) is 0 Å². The molecular formula is C20H29NO2. The zero-order valence-corrected chi connectivity index (χ0v) is 15.2. The van der Waals surface area contributed by atoms with Crippen LogP contribution in [0.1, 0.15) is 60.1 Å². The molecule has 3 heteroatoms. The van der Waals surface area contributed by atoms with Crippen molar-refractivity contribution in [3.8, 4) is 5.75 Å². The van der Waals surface area contributed by atoms with Crippen LogP contribution in [0.4, 0.5) is 0 Å². The van der Waals surface area contributed by atoms with Gasteiger partial charge in [0.25, 0.3) is 0 Å². The minimum atomic E-state index is 0.0276. The third-order valence-electron chi connectivity index (χ3n) is 4.27. The Kier molecular flexibility index (Phi) is 3.96. The molecule has 0 bridgehead atoms. The first-order chi connectivity index (χ1) is 10.6. The highest BCUT2D eigenvalue weighted by atomic mass is 16.5. The molecule has 1 saturated carbocycles. The van der Waals surface area contributed by atoms with E-state index in [0.29, 0.717) is 12.1 Å². The summed E-state index contributed by atoms with van der Waals surface area (Å²) in [6.45, 7) is 13.1. The Labute approximate surface area is 139 Å². The van der Waals surface area contributed by atoms with Crippen LogP contribution in [0.3, 0.4) is 0 Å². The molecule has 0 saturated heterocycles. The molecule has 23 heavy (non-hydrogen) atoms. The first kappa shape index (κ1) is 16.4. The van der Waals surface area contributed by atoms with Gasteiger partial charge in [0.15, 0.2) is 0 Å². The van der Waals surface area contributed by atoms with Crippen molar-refractivity contribution < 1.29 is 9.15 Å². The van der Waals surface area contributed by atoms with Gasteiger partial charge in [0, 0.05) is 28.4 Å². The minimum absolute atomic E-state index is 0.0276. The van der Waals surface area contributed by atoms with E-state index in [1.165, 1.54) is 0 Å². The summed E-state index contributed by atoms with van der Waals surface area (Å²) in [5.41, 5.74) is 1.11. The van der Waals surface area contributed by atoms with E-state index in [9.17, 15) is 0 Å². The molecule has 1 aromatic carbocycles. The average molecular weight is 315 g/mol. The summed E-state index contributed by atoms with van der Waals surface area (Å²) in [6.07, 6.45) is 2.45. The van der Waals surface area contributed by atoms with Gasteiger partial charge in [-0.05, 0) is 51.8 Å². The lowest BCUT2D eigenvalue weighted by Crippen LogP contribution is -2.53. The van der Waals surface area contributed by atoms with E-state index in [2.05, 4.69) is 65.1 Å². The monoisotopic (exact) mass is 315 g/mol. The number of furan rings is 1. The first-order valence-corrected chi connectivity index (χ1v) is 8.59. The molecule has 0 spiro atoms. The van der Waals surface area contributed by atoms with Crippen molar-refractivity contribution >= 4 is 11.0 Å². The number of fused-ring (bicyclic) bond motifs is 1. The van der Waals surface area contributed by atoms with Crippen molar-refractivity contribution in [1.82, 2.24) is 5.32 Å². The van der Waals surface area contributed by atoms with E-state index < -0.39 is 0 Å². The smallest absolute Gasteiger partial charge is 0.137 e. The fourth-order valence-electron chi connectivity index (χ4n) is 3.04. The van der Waals surface area contributed by atoms with Crippen LogP contribution in [0.15, 0.2) is 28.7 Å². The van der Waals surface area contributed by atoms with E-state index in [1.54, 1.807) is 0 Å². The van der Waals surface area contributed by atoms with Gasteiger partial charge in [0.2, 0.25) is 0 Å². The van der Waals surface area contributed by atoms with E-state index in [1.807, 2.05) is 6.07 Å². The second-order valence-electron chi connectivity index (χ2n) is 8.86. The average Bonchev–Trinajstić information content (AvgIpc) is 2.77. The minimum Gasteiger partial charge on any atom is -0.490 e. The van der Waals surface area contributed by atoms with Gasteiger partial charge in [-0.3, -0.25) is 0 Å². The predicted molar refractivity (Wildman–Crippen MR) is 95.2 cm³/mol. The lowest BCUT2D eigenvalue weighted by Gasteiger charge is -2.40. The fourth-order valence-corrected chi connectivity index (χ4v) is 3.04. The maximum atomic E-state index is 6.10. The van der Waals surface area contributed by atoms with Crippen LogP contribution in [0.5, 0.6) is 5.75 Å². The van der Waals surface area contributed by atoms with Crippen molar-refractivity contribution in [3.63, 3.8) is 0 Å². The number of rotatable bonds is 3. The van der Waals surface area contributed by atoms with Crippen LogP contribution in [-0.2, 0) is 5.41 Å². The van der Waals surface area contributed by atoms with Gasteiger partial charge in [-0.2, -0.15) is 0 Å². The highest BCUT2D eigenvalue weighted by Crippen LogP contribution is 2.33. The number of nitrogens with one attached hydrogen (secondary N) is 1. The maximum absolute atomic E-state index is 6.10. The SMILES string of the molecule is CC(C)(C)N[C@H]1C[C@@H](Oc2ccc3cc(C(C)(C)C)oc3c2)C1. The quantitative estimate of drug-likeness (QED) is 0.862. The lowest BCUT2D eigenvalue weighted by atomic mass is 9.87. The molecule has 1 N–H and O–H groups in total. The van der Waals surface area contributed by atoms with Crippen molar-refractivity contribution in [3.05, 3.63) is 30.0 Å². The van der Waals surface area contributed by atoms with E-state index in [-0.39, 0.29) is 11.0 Å². The van der Waals surface area contributed by atoms with Crippen LogP contribution < -0.4 is 10.1 Å². The summed E-state index contributed by atoms with van der Waals surface area (Å²) in [5.74, 6) is 1.93. The van der Waals surface area contributed by atoms with E-state index in [4.69, 9.17) is 9.15 Å². The summed E-state index contributed by atoms with van der Waals surface area (Å²) in [4.78, 5) is 0. The molecule has 0 amide bonds. The molecule has 0 radical (unpaired) electrons. The Morgan fingerprint density at radius 1 is 1.04 bits per heavy atom. The van der Waals surface area contributed by atoms with Gasteiger partial charge in [0.05, 0.1) is 0 Å². The standard InChI is InChI=1S/C20H29NO2/c1-19(2,3)18-9-13-7-8-15(12-17(13)23-18)22-16-10-14(11-16)21-20(4,5)6/h7-9,12,14,16,21H,10-11H2,1-6H3/t14-,16+. The molecule has 1 heterocycles. The van der Waals surface area contributed by atoms with Crippen molar-refractivity contribution in [1.29, 1.82) is 0 Å². The summed E-state index contributed by atoms with van der Waals surface area (Å²) >= 11 is 0. The molecule has 126 valence electrons. The lowest BCUT2D eigenvalue weighted by molar-refractivity contribution is 0.0735. The largest absolute Gasteiger partial charge is 0.490 e. The van der Waals surface area contributed by atoms with Crippen LogP contribution >= 0.6 is 0 Å². The highest BCUT2D eigenvalue weighted by molar-refractivity contribution is 5.79. The Morgan fingerprint density at radius 3 is 2.35 bits per heavy atom. The predicted octanol–water partition coefficient (Wildman–Crippen LogP) is 5.03. The fraction of sp³-hybridized carbons (Fsp3) is 0.600. The van der Waals surface area contributed by atoms with Gasteiger partial charge >= 0.3 is 0 Å². The zero-order chi connectivity index (χ0) is 16.8. The third-order valence-corrected chi connectivity index (χ3v) is 4.27. The zero-order valence-electron chi connectivity index (χ0n) is 15.2. The Bertz CT molecular complexity index is 682. The number of ether oxygens (including phenoxy) is 1. The summed E-state index contributed by atoms with van der Waals surface area (Å²) in [5, 5.41) is 4.76. The molecule has 1 aliphatic carbocycles. The molecule has 3 nitrogen and oxygen atoms in total.